The van der Waals surface area contributed by atoms with Crippen molar-refractivity contribution in [2.75, 3.05) is 46.4 Å². The summed E-state index contributed by atoms with van der Waals surface area (Å²) in [6, 6.07) is 0.770. The van der Waals surface area contributed by atoms with Crippen LogP contribution in [0.1, 0.15) is 32.1 Å². The van der Waals surface area contributed by atoms with Gasteiger partial charge in [0, 0.05) is 19.0 Å². The molecule has 0 bridgehead atoms. The lowest BCUT2D eigenvalue weighted by Crippen LogP contribution is -2.60. The minimum Gasteiger partial charge on any atom is -0.417 e. The Labute approximate surface area is 214 Å². The van der Waals surface area contributed by atoms with E-state index in [9.17, 15) is 4.79 Å². The first-order valence-electron chi connectivity index (χ1n) is 13.2. The van der Waals surface area contributed by atoms with Crippen LogP contribution in [0.3, 0.4) is 0 Å². The molecular weight excluding hydrogens is 497 g/mol. The highest BCUT2D eigenvalue weighted by molar-refractivity contribution is 6.90. The molecule has 0 aliphatic carbocycles. The second-order valence-corrected chi connectivity index (χ2v) is 30.0. The fourth-order valence-electron chi connectivity index (χ4n) is 4.20. The molecule has 1 saturated heterocycles. The lowest BCUT2D eigenvalue weighted by atomic mass is 10.1. The largest absolute Gasteiger partial charge is 0.469 e. The molecule has 0 radical (unpaired) electrons. The van der Waals surface area contributed by atoms with Gasteiger partial charge in [-0.2, -0.15) is 0 Å². The Kier molecular flexibility index (Phi) is 12.9. The Bertz CT molecular complexity index is 571. The van der Waals surface area contributed by atoms with E-state index in [0.29, 0.717) is 13.0 Å². The number of hydrogen-bond acceptors (Lipinski definition) is 5. The second kappa shape index (κ2) is 13.6. The first-order chi connectivity index (χ1) is 15.4. The van der Waals surface area contributed by atoms with E-state index in [2.05, 4.69) is 71.3 Å². The number of hydrogen-bond donors (Lipinski definition) is 1. The van der Waals surface area contributed by atoms with E-state index >= 15 is 0 Å². The van der Waals surface area contributed by atoms with E-state index < -0.39 is 33.8 Å². The van der Waals surface area contributed by atoms with Gasteiger partial charge >= 0.3 is 8.80 Å². The van der Waals surface area contributed by atoms with E-state index in [0.717, 1.165) is 56.1 Å². The number of likely N-dealkylation sites (N-methyl/N-ethyl adjacent to an activating group) is 1. The first kappa shape index (κ1) is 32.2. The fourth-order valence-corrected chi connectivity index (χ4v) is 18.9. The first-order valence-corrected chi connectivity index (χ1v) is 25.4. The SMILES string of the molecule is C[N+]1(CCCCCC(=O)NCCC[Si](O[Si](C)(C)C)(O[Si](C)(C)C)O[Si](C)(C)C)CCOCC1. The molecule has 7 nitrogen and oxygen atoms in total. The zero-order chi connectivity index (χ0) is 26.1. The van der Waals surface area contributed by atoms with Gasteiger partial charge in [-0.1, -0.05) is 0 Å². The Morgan fingerprint density at radius 1 is 0.794 bits per heavy atom. The molecule has 1 heterocycles. The minimum absolute atomic E-state index is 0.155. The number of carbonyl (C=O) groups is 1. The van der Waals surface area contributed by atoms with Crippen molar-refractivity contribution < 1.29 is 26.4 Å². The maximum Gasteiger partial charge on any atom is 0.469 e. The van der Waals surface area contributed by atoms with Crippen molar-refractivity contribution in [3.63, 3.8) is 0 Å². The van der Waals surface area contributed by atoms with E-state index in [1.165, 1.54) is 13.0 Å². The predicted molar refractivity (Wildman–Crippen MR) is 152 cm³/mol. The van der Waals surface area contributed by atoms with Gasteiger partial charge in [0.05, 0.1) is 26.8 Å². The van der Waals surface area contributed by atoms with Crippen LogP contribution >= 0.6 is 0 Å². The number of amides is 1. The van der Waals surface area contributed by atoms with Crippen LogP contribution in [0.2, 0.25) is 65.0 Å². The Morgan fingerprint density at radius 3 is 1.76 bits per heavy atom. The van der Waals surface area contributed by atoms with Gasteiger partial charge in [0.25, 0.3) is 0 Å². The summed E-state index contributed by atoms with van der Waals surface area (Å²) in [5, 5.41) is 3.12. The molecule has 1 aliphatic rings. The topological polar surface area (TPSA) is 66.0 Å². The summed E-state index contributed by atoms with van der Waals surface area (Å²) in [5.74, 6) is 0.155. The highest BCUT2D eigenvalue weighted by Crippen LogP contribution is 2.29. The number of nitrogens with zero attached hydrogens (tertiary/aromatic N) is 1. The maximum atomic E-state index is 12.4. The third kappa shape index (κ3) is 15.3. The van der Waals surface area contributed by atoms with Crippen LogP contribution in [-0.2, 0) is 21.9 Å². The van der Waals surface area contributed by atoms with E-state index in [-0.39, 0.29) is 5.91 Å². The second-order valence-electron chi connectivity index (χ2n) is 13.0. The quantitative estimate of drug-likeness (QED) is 0.166. The molecule has 1 N–H and O–H groups in total. The van der Waals surface area contributed by atoms with Crippen LogP contribution in [0.25, 0.3) is 0 Å². The summed E-state index contributed by atoms with van der Waals surface area (Å²) in [4.78, 5) is 12.4. The Balaban J connectivity index is 2.47. The van der Waals surface area contributed by atoms with Gasteiger partial charge in [-0.3, -0.25) is 4.79 Å². The van der Waals surface area contributed by atoms with Crippen LogP contribution in [0.4, 0.5) is 0 Å². The molecule has 1 rings (SSSR count). The summed E-state index contributed by atoms with van der Waals surface area (Å²) in [6.07, 6.45) is 4.68. The molecule has 11 heteroatoms. The average Bonchev–Trinajstić information content (AvgIpc) is 2.61. The number of unbranched alkanes of at least 4 members (excludes halogenated alkanes) is 2. The van der Waals surface area contributed by atoms with Gasteiger partial charge in [0.1, 0.15) is 13.1 Å². The van der Waals surface area contributed by atoms with Crippen LogP contribution in [0.15, 0.2) is 0 Å². The number of ether oxygens (including phenoxy) is 1. The van der Waals surface area contributed by atoms with Crippen molar-refractivity contribution in [3.8, 4) is 0 Å². The third-order valence-corrected chi connectivity index (χ3v) is 17.6. The normalized spacial score (nSPS) is 17.6. The number of nitrogens with one attached hydrogen (secondary N) is 1. The van der Waals surface area contributed by atoms with Crippen molar-refractivity contribution in [1.82, 2.24) is 5.32 Å². The van der Waals surface area contributed by atoms with E-state index in [4.69, 9.17) is 17.1 Å². The number of rotatable bonds is 16. The monoisotopic (exact) mass is 551 g/mol. The predicted octanol–water partition coefficient (Wildman–Crippen LogP) is 5.02. The minimum atomic E-state index is -2.81. The van der Waals surface area contributed by atoms with E-state index in [1.54, 1.807) is 0 Å². The van der Waals surface area contributed by atoms with Gasteiger partial charge in [-0.05, 0) is 84.6 Å². The standard InChI is InChI=1S/C23H54N2O5Si4/c1-25(18-20-27-21-19-25)17-13-11-12-15-23(26)24-16-14-22-34(28-31(2,3)4,29-32(5,6)7)30-33(8,9)10/h11-22H2,1-10H3/p+1. The maximum absolute atomic E-state index is 12.4. The highest BCUT2D eigenvalue weighted by Gasteiger charge is 2.49. The molecule has 1 amide bonds. The van der Waals surface area contributed by atoms with E-state index in [1.807, 2.05) is 0 Å². The van der Waals surface area contributed by atoms with Crippen LogP contribution in [-0.4, -0.2) is 90.6 Å². The zero-order valence-electron chi connectivity index (χ0n) is 24.0. The van der Waals surface area contributed by atoms with Gasteiger partial charge in [-0.15, -0.1) is 0 Å². The van der Waals surface area contributed by atoms with Crippen LogP contribution in [0.5, 0.6) is 0 Å². The highest BCUT2D eigenvalue weighted by atomic mass is 28.5. The number of carbonyl (C=O) groups excluding carboxylic acids is 1. The molecule has 0 aromatic heterocycles. The summed E-state index contributed by atoms with van der Waals surface area (Å²) in [7, 11) is -6.06. The molecule has 1 fully saturated rings. The van der Waals surface area contributed by atoms with Gasteiger partial charge < -0.3 is 26.9 Å². The Morgan fingerprint density at radius 2 is 1.29 bits per heavy atom. The van der Waals surface area contributed by atoms with Crippen molar-refractivity contribution >= 4 is 39.7 Å². The van der Waals surface area contributed by atoms with Crippen molar-refractivity contribution in [2.24, 2.45) is 0 Å². The summed E-state index contributed by atoms with van der Waals surface area (Å²) >= 11 is 0. The fraction of sp³-hybridized carbons (Fsp3) is 0.957. The Hall–Kier alpha value is 0.138. The lowest BCUT2D eigenvalue weighted by Gasteiger charge is -2.43. The smallest absolute Gasteiger partial charge is 0.417 e. The van der Waals surface area contributed by atoms with Crippen molar-refractivity contribution in [2.45, 2.75) is 97.1 Å². The lowest BCUT2D eigenvalue weighted by molar-refractivity contribution is -0.917. The van der Waals surface area contributed by atoms with Gasteiger partial charge in [-0.25, -0.2) is 0 Å². The molecule has 34 heavy (non-hydrogen) atoms. The molecule has 0 atom stereocenters. The van der Waals surface area contributed by atoms with Gasteiger partial charge in [0.15, 0.2) is 25.0 Å². The van der Waals surface area contributed by atoms with Gasteiger partial charge in [0.2, 0.25) is 5.91 Å². The molecule has 202 valence electrons. The average molecular weight is 552 g/mol. The summed E-state index contributed by atoms with van der Waals surface area (Å²) in [5.41, 5.74) is 0. The molecule has 0 unspecified atom stereocenters. The summed E-state index contributed by atoms with van der Waals surface area (Å²) < 4.78 is 26.7. The van der Waals surface area contributed by atoms with Crippen LogP contribution in [0, 0.1) is 0 Å². The number of quaternary nitrogens is 1. The van der Waals surface area contributed by atoms with Crippen LogP contribution < -0.4 is 5.32 Å². The molecule has 1 aliphatic heterocycles. The van der Waals surface area contributed by atoms with Crippen molar-refractivity contribution in [1.29, 1.82) is 0 Å². The molecule has 0 spiro atoms. The number of morpholine rings is 1. The molecular formula is C23H55N2O5Si4+. The van der Waals surface area contributed by atoms with Crippen molar-refractivity contribution in [3.05, 3.63) is 0 Å². The third-order valence-electron chi connectivity index (χ3n) is 5.52. The molecule has 0 aromatic rings. The molecule has 0 aromatic carbocycles. The zero-order valence-corrected chi connectivity index (χ0v) is 28.0. The molecule has 0 saturated carbocycles. The summed E-state index contributed by atoms with van der Waals surface area (Å²) in [6.45, 7) is 25.7.